The lowest BCUT2D eigenvalue weighted by Crippen LogP contribution is -2.27. The molecule has 2 N–H and O–H groups in total. The third kappa shape index (κ3) is 5.73. The first-order chi connectivity index (χ1) is 9.88. The summed E-state index contributed by atoms with van der Waals surface area (Å²) in [6, 6.07) is 3.97. The molecule has 0 aliphatic rings. The molecule has 8 heteroatoms. The molecule has 0 spiro atoms. The van der Waals surface area contributed by atoms with Gasteiger partial charge in [0.05, 0.1) is 23.7 Å². The highest BCUT2D eigenvalue weighted by Crippen LogP contribution is 2.17. The molecule has 0 unspecified atom stereocenters. The smallest absolute Gasteiger partial charge is 0.336 e. The topological polar surface area (TPSA) is 92.7 Å². The summed E-state index contributed by atoms with van der Waals surface area (Å²) in [6.07, 6.45) is 2.41. The van der Waals surface area contributed by atoms with Crippen molar-refractivity contribution < 1.29 is 23.1 Å². The predicted octanol–water partition coefficient (Wildman–Crippen LogP) is 1.86. The van der Waals surface area contributed by atoms with E-state index >= 15 is 0 Å². The largest absolute Gasteiger partial charge is 0.478 e. The minimum absolute atomic E-state index is 0.0410. The summed E-state index contributed by atoms with van der Waals surface area (Å²) in [5.41, 5.74) is -0.0410. The molecule has 1 rings (SSSR count). The van der Waals surface area contributed by atoms with Crippen LogP contribution >= 0.6 is 22.6 Å². The van der Waals surface area contributed by atoms with Crippen molar-refractivity contribution in [3.63, 3.8) is 0 Å². The van der Waals surface area contributed by atoms with Crippen LogP contribution in [0.15, 0.2) is 35.7 Å². The molecule has 0 radical (unpaired) electrons. The van der Waals surface area contributed by atoms with Crippen molar-refractivity contribution >= 4 is 38.6 Å². The van der Waals surface area contributed by atoms with E-state index in [1.165, 1.54) is 12.1 Å². The minimum atomic E-state index is -3.74. The number of benzene rings is 1. The molecule has 0 fully saturated rings. The molecule has 0 atom stereocenters. The Hall–Kier alpha value is -0.970. The molecule has 0 heterocycles. The Morgan fingerprint density at radius 3 is 2.76 bits per heavy atom. The van der Waals surface area contributed by atoms with Gasteiger partial charge in [0.2, 0.25) is 10.0 Å². The number of carbonyl (C=O) groups is 1. The van der Waals surface area contributed by atoms with E-state index in [0.29, 0.717) is 16.6 Å². The zero-order chi connectivity index (χ0) is 15.9. The van der Waals surface area contributed by atoms with E-state index in [9.17, 15) is 13.2 Å². The fraction of sp³-hybridized carbons (Fsp3) is 0.308. The van der Waals surface area contributed by atoms with Gasteiger partial charge in [0.25, 0.3) is 0 Å². The van der Waals surface area contributed by atoms with Crippen LogP contribution in [0, 0.1) is 3.57 Å². The molecule has 0 aliphatic heterocycles. The predicted molar refractivity (Wildman–Crippen MR) is 86.9 cm³/mol. The second-order valence-corrected chi connectivity index (χ2v) is 6.96. The lowest BCUT2D eigenvalue weighted by molar-refractivity contribution is 0.0695. The van der Waals surface area contributed by atoms with E-state index in [1.54, 1.807) is 6.08 Å². The highest BCUT2D eigenvalue weighted by atomic mass is 127. The molecule has 0 aliphatic carbocycles. The van der Waals surface area contributed by atoms with E-state index in [-0.39, 0.29) is 23.6 Å². The number of hydrogen-bond acceptors (Lipinski definition) is 4. The summed E-state index contributed by atoms with van der Waals surface area (Å²) in [6.45, 7) is 4.39. The molecule has 1 aromatic rings. The quantitative estimate of drug-likeness (QED) is 0.358. The zero-order valence-electron chi connectivity index (χ0n) is 11.2. The van der Waals surface area contributed by atoms with Crippen molar-refractivity contribution in [2.45, 2.75) is 11.3 Å². The third-order valence-corrected chi connectivity index (χ3v) is 4.88. The first kappa shape index (κ1) is 18.1. The zero-order valence-corrected chi connectivity index (χ0v) is 14.2. The number of carboxylic acid groups (broad SMARTS) is 1. The molecule has 0 amide bonds. The van der Waals surface area contributed by atoms with Crippen LogP contribution in [0.2, 0.25) is 0 Å². The van der Waals surface area contributed by atoms with Gasteiger partial charge in [-0.15, -0.1) is 6.58 Å². The number of ether oxygens (including phenoxy) is 1. The van der Waals surface area contributed by atoms with E-state index in [2.05, 4.69) is 11.3 Å². The summed E-state index contributed by atoms with van der Waals surface area (Å²) in [5, 5.41) is 9.00. The number of sulfonamides is 1. The molecule has 0 saturated carbocycles. The van der Waals surface area contributed by atoms with Gasteiger partial charge in [-0.1, -0.05) is 6.08 Å². The van der Waals surface area contributed by atoms with Crippen molar-refractivity contribution in [2.75, 3.05) is 19.8 Å². The lowest BCUT2D eigenvalue weighted by Gasteiger charge is -2.08. The average Bonchev–Trinajstić information content (AvgIpc) is 2.42. The highest BCUT2D eigenvalue weighted by Gasteiger charge is 2.17. The normalized spacial score (nSPS) is 11.3. The second-order valence-electron chi connectivity index (χ2n) is 4.03. The van der Waals surface area contributed by atoms with Crippen molar-refractivity contribution in [2.24, 2.45) is 0 Å². The Labute approximate surface area is 137 Å². The van der Waals surface area contributed by atoms with Crippen LogP contribution in [-0.2, 0) is 14.8 Å². The number of carboxylic acids is 1. The molecular weight excluding hydrogens is 409 g/mol. The SMILES string of the molecule is C=CCCOCCNS(=O)(=O)c1ccc(I)c(C(=O)O)c1. The number of rotatable bonds is 9. The van der Waals surface area contributed by atoms with Gasteiger partial charge in [-0.2, -0.15) is 0 Å². The van der Waals surface area contributed by atoms with Gasteiger partial charge in [0, 0.05) is 10.1 Å². The highest BCUT2D eigenvalue weighted by molar-refractivity contribution is 14.1. The molecule has 6 nitrogen and oxygen atoms in total. The van der Waals surface area contributed by atoms with Gasteiger partial charge in [0.1, 0.15) is 0 Å². The summed E-state index contributed by atoms with van der Waals surface area (Å²) >= 11 is 1.84. The fourth-order valence-corrected chi connectivity index (χ4v) is 3.04. The Morgan fingerprint density at radius 2 is 2.14 bits per heavy atom. The first-order valence-corrected chi connectivity index (χ1v) is 8.66. The number of hydrogen-bond donors (Lipinski definition) is 2. The van der Waals surface area contributed by atoms with E-state index < -0.39 is 16.0 Å². The number of nitrogens with one attached hydrogen (secondary N) is 1. The summed E-state index contributed by atoms with van der Waals surface area (Å²) in [5.74, 6) is -1.16. The maximum absolute atomic E-state index is 12.0. The van der Waals surface area contributed by atoms with Gasteiger partial charge < -0.3 is 9.84 Å². The van der Waals surface area contributed by atoms with Gasteiger partial charge >= 0.3 is 5.97 Å². The van der Waals surface area contributed by atoms with Crippen LogP contribution in [0.3, 0.4) is 0 Å². The Balaban J connectivity index is 2.68. The molecule has 0 aromatic heterocycles. The maximum Gasteiger partial charge on any atom is 0.336 e. The molecule has 21 heavy (non-hydrogen) atoms. The summed E-state index contributed by atoms with van der Waals surface area (Å²) < 4.78 is 32.1. The van der Waals surface area contributed by atoms with E-state index in [0.717, 1.165) is 6.07 Å². The van der Waals surface area contributed by atoms with Crippen molar-refractivity contribution in [3.05, 3.63) is 40.0 Å². The van der Waals surface area contributed by atoms with Gasteiger partial charge in [-0.05, 0) is 47.2 Å². The van der Waals surface area contributed by atoms with Crippen LogP contribution in [-0.4, -0.2) is 39.3 Å². The monoisotopic (exact) mass is 425 g/mol. The Morgan fingerprint density at radius 1 is 1.43 bits per heavy atom. The standard InChI is InChI=1S/C13H16INO5S/c1-2-3-7-20-8-6-15-21(18,19)10-4-5-12(14)11(9-10)13(16)17/h2,4-5,9,15H,1,3,6-8H2,(H,16,17). The Kier molecular flexibility index (Phi) is 7.29. The van der Waals surface area contributed by atoms with Gasteiger partial charge in [-0.3, -0.25) is 0 Å². The Bertz CT molecular complexity index is 615. The third-order valence-electron chi connectivity index (χ3n) is 2.48. The van der Waals surface area contributed by atoms with Gasteiger partial charge in [0.15, 0.2) is 0 Å². The fourth-order valence-electron chi connectivity index (χ4n) is 1.44. The van der Waals surface area contributed by atoms with E-state index in [4.69, 9.17) is 9.84 Å². The maximum atomic E-state index is 12.0. The average molecular weight is 425 g/mol. The molecular formula is C13H16INO5S. The van der Waals surface area contributed by atoms with Crippen molar-refractivity contribution in [3.8, 4) is 0 Å². The van der Waals surface area contributed by atoms with Crippen LogP contribution in [0.5, 0.6) is 0 Å². The lowest BCUT2D eigenvalue weighted by atomic mass is 10.2. The summed E-state index contributed by atoms with van der Waals surface area (Å²) in [4.78, 5) is 10.9. The van der Waals surface area contributed by atoms with E-state index in [1.807, 2.05) is 22.6 Å². The number of halogens is 1. The first-order valence-electron chi connectivity index (χ1n) is 6.09. The second kappa shape index (κ2) is 8.47. The summed E-state index contributed by atoms with van der Waals surface area (Å²) in [7, 11) is -3.74. The molecule has 0 bridgehead atoms. The van der Waals surface area contributed by atoms with Crippen LogP contribution in [0.4, 0.5) is 0 Å². The van der Waals surface area contributed by atoms with Gasteiger partial charge in [-0.25, -0.2) is 17.9 Å². The minimum Gasteiger partial charge on any atom is -0.478 e. The van der Waals surface area contributed by atoms with Crippen LogP contribution < -0.4 is 4.72 Å². The van der Waals surface area contributed by atoms with Crippen molar-refractivity contribution in [1.29, 1.82) is 0 Å². The molecule has 1 aromatic carbocycles. The molecule has 0 saturated heterocycles. The van der Waals surface area contributed by atoms with Crippen molar-refractivity contribution in [1.82, 2.24) is 4.72 Å². The number of aromatic carboxylic acids is 1. The van der Waals surface area contributed by atoms with Crippen LogP contribution in [0.1, 0.15) is 16.8 Å². The molecule has 116 valence electrons. The van der Waals surface area contributed by atoms with Crippen LogP contribution in [0.25, 0.3) is 0 Å².